The molecule has 0 N–H and O–H groups in total. The third kappa shape index (κ3) is 3.62. The average Bonchev–Trinajstić information content (AvgIpc) is 2.37. The highest BCUT2D eigenvalue weighted by Crippen LogP contribution is 2.29. The third-order valence-corrected chi connectivity index (χ3v) is 3.22. The Kier molecular flexibility index (Phi) is 4.17. The number of allylic oxidation sites excluding steroid dienone is 1. The van der Waals surface area contributed by atoms with Crippen molar-refractivity contribution in [1.29, 1.82) is 0 Å². The fourth-order valence-corrected chi connectivity index (χ4v) is 2.26. The van der Waals surface area contributed by atoms with Gasteiger partial charge < -0.3 is 4.74 Å². The Labute approximate surface area is 121 Å². The summed E-state index contributed by atoms with van der Waals surface area (Å²) >= 11 is 0. The average molecular weight is 273 g/mol. The van der Waals surface area contributed by atoms with Gasteiger partial charge in [-0.15, -0.1) is 0 Å². The van der Waals surface area contributed by atoms with Crippen LogP contribution in [0.1, 0.15) is 39.7 Å². The Morgan fingerprint density at radius 3 is 2.50 bits per heavy atom. The van der Waals surface area contributed by atoms with E-state index in [0.29, 0.717) is 12.5 Å². The number of ether oxygens (including phenoxy) is 1. The standard InChI is InChI=1S/C17H23NO2/c1-13-10-11-18(16(19)20-17(2,3)4)15(12-13)14-8-6-5-7-9-14/h5-9,12-13H,10-11H2,1-4H3. The van der Waals surface area contributed by atoms with Crippen LogP contribution < -0.4 is 0 Å². The van der Waals surface area contributed by atoms with E-state index in [-0.39, 0.29) is 6.09 Å². The first-order valence-electron chi connectivity index (χ1n) is 7.14. The summed E-state index contributed by atoms with van der Waals surface area (Å²) in [6, 6.07) is 10.0. The summed E-state index contributed by atoms with van der Waals surface area (Å²) in [5.41, 5.74) is 1.55. The fourth-order valence-electron chi connectivity index (χ4n) is 2.26. The molecule has 0 radical (unpaired) electrons. The summed E-state index contributed by atoms with van der Waals surface area (Å²) in [6.45, 7) is 8.56. The van der Waals surface area contributed by atoms with Crippen LogP contribution in [-0.2, 0) is 4.74 Å². The van der Waals surface area contributed by atoms with Crippen LogP contribution in [0.2, 0.25) is 0 Å². The summed E-state index contributed by atoms with van der Waals surface area (Å²) in [5.74, 6) is 0.476. The molecular formula is C17H23NO2. The smallest absolute Gasteiger partial charge is 0.414 e. The highest BCUT2D eigenvalue weighted by molar-refractivity contribution is 5.82. The minimum absolute atomic E-state index is 0.264. The Morgan fingerprint density at radius 2 is 1.90 bits per heavy atom. The largest absolute Gasteiger partial charge is 0.443 e. The molecule has 3 nitrogen and oxygen atoms in total. The Bertz CT molecular complexity index is 499. The second-order valence-electron chi connectivity index (χ2n) is 6.32. The molecule has 1 aromatic rings. The number of nitrogens with zero attached hydrogens (tertiary/aromatic N) is 1. The summed E-state index contributed by atoms with van der Waals surface area (Å²) in [7, 11) is 0. The molecule has 1 heterocycles. The Morgan fingerprint density at radius 1 is 1.25 bits per heavy atom. The molecule has 0 saturated heterocycles. The SMILES string of the molecule is CC1C=C(c2ccccc2)N(C(=O)OC(C)(C)C)CC1. The number of rotatable bonds is 1. The van der Waals surface area contributed by atoms with Gasteiger partial charge in [0.15, 0.2) is 0 Å². The first kappa shape index (κ1) is 14.6. The number of amides is 1. The van der Waals surface area contributed by atoms with Crippen molar-refractivity contribution in [3.63, 3.8) is 0 Å². The van der Waals surface area contributed by atoms with E-state index in [4.69, 9.17) is 4.74 Å². The minimum atomic E-state index is -0.470. The van der Waals surface area contributed by atoms with Crippen LogP contribution in [0.25, 0.3) is 5.70 Å². The van der Waals surface area contributed by atoms with E-state index in [1.165, 1.54) is 0 Å². The van der Waals surface area contributed by atoms with Crippen molar-refractivity contribution in [2.75, 3.05) is 6.54 Å². The molecule has 1 aliphatic rings. The van der Waals surface area contributed by atoms with Gasteiger partial charge in [-0.05, 0) is 38.7 Å². The van der Waals surface area contributed by atoms with Gasteiger partial charge in [-0.1, -0.05) is 43.3 Å². The molecule has 3 heteroatoms. The number of carbonyl (C=O) groups excluding carboxylic acids is 1. The molecule has 1 unspecified atom stereocenters. The summed E-state index contributed by atoms with van der Waals surface area (Å²) in [6.07, 6.45) is 2.86. The van der Waals surface area contributed by atoms with Crippen LogP contribution in [0.4, 0.5) is 4.79 Å². The van der Waals surface area contributed by atoms with E-state index < -0.39 is 5.60 Å². The van der Waals surface area contributed by atoms with E-state index >= 15 is 0 Å². The van der Waals surface area contributed by atoms with Gasteiger partial charge >= 0.3 is 6.09 Å². The molecule has 20 heavy (non-hydrogen) atoms. The summed E-state index contributed by atoms with van der Waals surface area (Å²) in [5, 5.41) is 0. The zero-order chi connectivity index (χ0) is 14.8. The van der Waals surface area contributed by atoms with E-state index in [1.807, 2.05) is 51.1 Å². The molecule has 108 valence electrons. The lowest BCUT2D eigenvalue weighted by Crippen LogP contribution is -2.38. The van der Waals surface area contributed by atoms with Gasteiger partial charge in [0.25, 0.3) is 0 Å². The van der Waals surface area contributed by atoms with Crippen LogP contribution in [0.3, 0.4) is 0 Å². The van der Waals surface area contributed by atoms with Crippen molar-refractivity contribution >= 4 is 11.8 Å². The topological polar surface area (TPSA) is 29.5 Å². The molecule has 2 rings (SSSR count). The maximum Gasteiger partial charge on any atom is 0.414 e. The van der Waals surface area contributed by atoms with Crippen LogP contribution in [-0.4, -0.2) is 23.1 Å². The normalized spacial score (nSPS) is 19.5. The predicted octanol–water partition coefficient (Wildman–Crippen LogP) is 4.30. The van der Waals surface area contributed by atoms with Crippen molar-refractivity contribution in [3.05, 3.63) is 42.0 Å². The first-order chi connectivity index (χ1) is 9.37. The number of benzene rings is 1. The number of carbonyl (C=O) groups is 1. The van der Waals surface area contributed by atoms with Crippen LogP contribution in [0, 0.1) is 5.92 Å². The van der Waals surface area contributed by atoms with Gasteiger partial charge in [0.05, 0.1) is 5.70 Å². The lowest BCUT2D eigenvalue weighted by molar-refractivity contribution is 0.0341. The quantitative estimate of drug-likeness (QED) is 0.763. The molecule has 1 amide bonds. The molecular weight excluding hydrogens is 250 g/mol. The minimum Gasteiger partial charge on any atom is -0.443 e. The molecule has 0 fully saturated rings. The monoisotopic (exact) mass is 273 g/mol. The van der Waals surface area contributed by atoms with Crippen molar-refractivity contribution < 1.29 is 9.53 Å². The van der Waals surface area contributed by atoms with Crippen molar-refractivity contribution in [2.24, 2.45) is 5.92 Å². The van der Waals surface area contributed by atoms with E-state index in [2.05, 4.69) is 13.0 Å². The first-order valence-corrected chi connectivity index (χ1v) is 7.14. The van der Waals surface area contributed by atoms with Crippen molar-refractivity contribution in [2.45, 2.75) is 39.7 Å². The zero-order valence-corrected chi connectivity index (χ0v) is 12.7. The summed E-state index contributed by atoms with van der Waals surface area (Å²) < 4.78 is 5.51. The Hall–Kier alpha value is -1.77. The molecule has 0 aliphatic carbocycles. The zero-order valence-electron chi connectivity index (χ0n) is 12.7. The van der Waals surface area contributed by atoms with E-state index in [9.17, 15) is 4.79 Å². The highest BCUT2D eigenvalue weighted by atomic mass is 16.6. The van der Waals surface area contributed by atoms with Gasteiger partial charge in [0.2, 0.25) is 0 Å². The van der Waals surface area contributed by atoms with Crippen LogP contribution in [0.5, 0.6) is 0 Å². The lowest BCUT2D eigenvalue weighted by atomic mass is 9.98. The highest BCUT2D eigenvalue weighted by Gasteiger charge is 2.28. The lowest BCUT2D eigenvalue weighted by Gasteiger charge is -2.33. The number of hydrogen-bond acceptors (Lipinski definition) is 2. The van der Waals surface area contributed by atoms with Crippen molar-refractivity contribution in [1.82, 2.24) is 4.90 Å². The van der Waals surface area contributed by atoms with E-state index in [1.54, 1.807) is 4.90 Å². The predicted molar refractivity (Wildman–Crippen MR) is 81.1 cm³/mol. The second-order valence-corrected chi connectivity index (χ2v) is 6.32. The van der Waals surface area contributed by atoms with Gasteiger partial charge in [-0.25, -0.2) is 4.79 Å². The Balaban J connectivity index is 2.27. The molecule has 0 bridgehead atoms. The van der Waals surface area contributed by atoms with Gasteiger partial charge in [-0.2, -0.15) is 0 Å². The van der Waals surface area contributed by atoms with Gasteiger partial charge in [-0.3, -0.25) is 4.90 Å². The molecule has 1 aliphatic heterocycles. The molecule has 0 saturated carbocycles. The maximum atomic E-state index is 12.4. The van der Waals surface area contributed by atoms with Gasteiger partial charge in [0.1, 0.15) is 5.60 Å². The molecule has 0 aromatic heterocycles. The third-order valence-electron chi connectivity index (χ3n) is 3.22. The van der Waals surface area contributed by atoms with Gasteiger partial charge in [0, 0.05) is 6.54 Å². The molecule has 0 spiro atoms. The van der Waals surface area contributed by atoms with Crippen LogP contribution >= 0.6 is 0 Å². The summed E-state index contributed by atoms with van der Waals surface area (Å²) in [4.78, 5) is 14.1. The number of hydrogen-bond donors (Lipinski definition) is 0. The van der Waals surface area contributed by atoms with E-state index in [0.717, 1.165) is 17.7 Å². The molecule has 1 atom stereocenters. The second kappa shape index (κ2) is 5.70. The van der Waals surface area contributed by atoms with Crippen LogP contribution in [0.15, 0.2) is 36.4 Å². The van der Waals surface area contributed by atoms with Crippen molar-refractivity contribution in [3.8, 4) is 0 Å². The maximum absolute atomic E-state index is 12.4. The fraction of sp³-hybridized carbons (Fsp3) is 0.471. The molecule has 1 aromatic carbocycles.